The maximum absolute atomic E-state index is 12.3. The monoisotopic (exact) mass is 399 g/mol. The Morgan fingerprint density at radius 3 is 2.14 bits per heavy atom. The third-order valence-corrected chi connectivity index (χ3v) is 4.58. The van der Waals surface area contributed by atoms with Crippen molar-refractivity contribution in [3.63, 3.8) is 0 Å². The standard InChI is InChI=1S/C19H23N3O.C2H2O4/c23-19(21-14-17-7-4-10-20-13-17)18-8-11-22(12-9-18)15-16-5-2-1-3-6-16;3-1(4)2(5)6/h1-7,10,13,18H,8-9,11-12,14-15H2,(H,21,23);(H,3,4)(H,5,6). The van der Waals surface area contributed by atoms with Gasteiger partial charge in [0.2, 0.25) is 5.91 Å². The van der Waals surface area contributed by atoms with Crippen LogP contribution in [-0.4, -0.2) is 51.0 Å². The quantitative estimate of drug-likeness (QED) is 0.655. The molecule has 0 atom stereocenters. The SMILES string of the molecule is O=C(NCc1cccnc1)C1CCN(Cc2ccccc2)CC1.O=C(O)C(=O)O. The van der Waals surface area contributed by atoms with Gasteiger partial charge in [0, 0.05) is 31.4 Å². The van der Waals surface area contributed by atoms with Gasteiger partial charge in [0.25, 0.3) is 0 Å². The third kappa shape index (κ3) is 8.10. The Hall–Kier alpha value is -3.26. The van der Waals surface area contributed by atoms with E-state index >= 15 is 0 Å². The van der Waals surface area contributed by atoms with Crippen LogP contribution < -0.4 is 5.32 Å². The Kier molecular flexibility index (Phi) is 8.78. The van der Waals surface area contributed by atoms with Crippen LogP contribution in [0.25, 0.3) is 0 Å². The molecule has 1 aromatic carbocycles. The van der Waals surface area contributed by atoms with Crippen LogP contribution in [0.5, 0.6) is 0 Å². The van der Waals surface area contributed by atoms with Crippen LogP contribution in [0.4, 0.5) is 0 Å². The van der Waals surface area contributed by atoms with Crippen molar-refractivity contribution < 1.29 is 24.6 Å². The number of nitrogens with one attached hydrogen (secondary N) is 1. The Bertz CT molecular complexity index is 778. The minimum absolute atomic E-state index is 0.138. The van der Waals surface area contributed by atoms with Crippen molar-refractivity contribution in [2.24, 2.45) is 5.92 Å². The van der Waals surface area contributed by atoms with Crippen LogP contribution in [-0.2, 0) is 27.5 Å². The number of benzene rings is 1. The summed E-state index contributed by atoms with van der Waals surface area (Å²) in [5.74, 6) is -3.34. The zero-order valence-electron chi connectivity index (χ0n) is 16.0. The summed E-state index contributed by atoms with van der Waals surface area (Å²) in [6.45, 7) is 3.52. The molecule has 0 aliphatic carbocycles. The number of nitrogens with zero attached hydrogens (tertiary/aromatic N) is 2. The van der Waals surface area contributed by atoms with Gasteiger partial charge in [-0.3, -0.25) is 14.7 Å². The Morgan fingerprint density at radius 2 is 1.59 bits per heavy atom. The molecular formula is C21H25N3O5. The van der Waals surface area contributed by atoms with Gasteiger partial charge in [0.15, 0.2) is 0 Å². The first-order valence-corrected chi connectivity index (χ1v) is 9.35. The third-order valence-electron chi connectivity index (χ3n) is 4.58. The van der Waals surface area contributed by atoms with E-state index in [0.717, 1.165) is 38.0 Å². The summed E-state index contributed by atoms with van der Waals surface area (Å²) in [7, 11) is 0. The summed E-state index contributed by atoms with van der Waals surface area (Å²) in [6.07, 6.45) is 5.41. The molecule has 3 rings (SSSR count). The van der Waals surface area contributed by atoms with E-state index in [1.807, 2.05) is 18.2 Å². The predicted octanol–water partition coefficient (Wildman–Crippen LogP) is 1.77. The molecule has 0 saturated carbocycles. The summed E-state index contributed by atoms with van der Waals surface area (Å²) >= 11 is 0. The molecule has 154 valence electrons. The first-order valence-electron chi connectivity index (χ1n) is 9.35. The Morgan fingerprint density at radius 1 is 0.966 bits per heavy atom. The van der Waals surface area contributed by atoms with Crippen LogP contribution in [0.3, 0.4) is 0 Å². The number of carbonyl (C=O) groups is 3. The zero-order valence-corrected chi connectivity index (χ0v) is 16.0. The van der Waals surface area contributed by atoms with Crippen LogP contribution in [0.1, 0.15) is 24.0 Å². The fraction of sp³-hybridized carbons (Fsp3) is 0.333. The molecule has 3 N–H and O–H groups in total. The van der Waals surface area contributed by atoms with E-state index in [4.69, 9.17) is 19.8 Å². The average Bonchev–Trinajstić information content (AvgIpc) is 2.74. The van der Waals surface area contributed by atoms with E-state index in [9.17, 15) is 4.79 Å². The second-order valence-corrected chi connectivity index (χ2v) is 6.73. The van der Waals surface area contributed by atoms with Gasteiger partial charge in [0.1, 0.15) is 0 Å². The van der Waals surface area contributed by atoms with Gasteiger partial charge in [-0.25, -0.2) is 9.59 Å². The van der Waals surface area contributed by atoms with Crippen molar-refractivity contribution in [3.05, 3.63) is 66.0 Å². The number of hydrogen-bond donors (Lipinski definition) is 3. The molecule has 0 unspecified atom stereocenters. The number of carboxylic acid groups (broad SMARTS) is 2. The topological polar surface area (TPSA) is 120 Å². The van der Waals surface area contributed by atoms with E-state index in [1.165, 1.54) is 5.56 Å². The van der Waals surface area contributed by atoms with Crippen molar-refractivity contribution in [2.45, 2.75) is 25.9 Å². The van der Waals surface area contributed by atoms with E-state index in [-0.39, 0.29) is 11.8 Å². The first kappa shape index (κ1) is 22.0. The Balaban J connectivity index is 0.000000438. The normalized spacial score (nSPS) is 14.3. The van der Waals surface area contributed by atoms with Gasteiger partial charge in [-0.1, -0.05) is 36.4 Å². The fourth-order valence-corrected chi connectivity index (χ4v) is 3.03. The lowest BCUT2D eigenvalue weighted by Crippen LogP contribution is -2.40. The van der Waals surface area contributed by atoms with Crippen LogP contribution in [0.15, 0.2) is 54.9 Å². The summed E-state index contributed by atoms with van der Waals surface area (Å²) in [5.41, 5.74) is 2.38. The van der Waals surface area contributed by atoms with E-state index in [2.05, 4.69) is 39.5 Å². The van der Waals surface area contributed by atoms with E-state index in [1.54, 1.807) is 12.4 Å². The number of aliphatic carboxylic acids is 2. The van der Waals surface area contributed by atoms with Gasteiger partial charge in [-0.15, -0.1) is 0 Å². The molecule has 0 radical (unpaired) electrons. The number of rotatable bonds is 5. The smallest absolute Gasteiger partial charge is 0.414 e. The van der Waals surface area contributed by atoms with Crippen LogP contribution in [0.2, 0.25) is 0 Å². The molecule has 1 amide bonds. The minimum atomic E-state index is -1.82. The minimum Gasteiger partial charge on any atom is -0.473 e. The number of carbonyl (C=O) groups excluding carboxylic acids is 1. The van der Waals surface area contributed by atoms with E-state index in [0.29, 0.717) is 6.54 Å². The summed E-state index contributed by atoms with van der Waals surface area (Å²) in [6, 6.07) is 14.4. The number of amides is 1. The molecule has 1 saturated heterocycles. The molecule has 2 aromatic rings. The fourth-order valence-electron chi connectivity index (χ4n) is 3.03. The lowest BCUT2D eigenvalue weighted by molar-refractivity contribution is -0.159. The van der Waals surface area contributed by atoms with Crippen molar-refractivity contribution in [3.8, 4) is 0 Å². The summed E-state index contributed by atoms with van der Waals surface area (Å²) in [5, 5.41) is 17.8. The number of aromatic nitrogens is 1. The van der Waals surface area contributed by atoms with Crippen molar-refractivity contribution in [1.82, 2.24) is 15.2 Å². The highest BCUT2D eigenvalue weighted by atomic mass is 16.4. The number of pyridine rings is 1. The number of carboxylic acids is 2. The maximum atomic E-state index is 12.3. The molecule has 0 spiro atoms. The molecule has 1 fully saturated rings. The van der Waals surface area contributed by atoms with Crippen LogP contribution >= 0.6 is 0 Å². The molecule has 29 heavy (non-hydrogen) atoms. The molecule has 8 heteroatoms. The van der Waals surface area contributed by atoms with Gasteiger partial charge in [-0.05, 0) is 43.1 Å². The second kappa shape index (κ2) is 11.6. The van der Waals surface area contributed by atoms with Gasteiger partial charge in [-0.2, -0.15) is 0 Å². The largest absolute Gasteiger partial charge is 0.473 e. The zero-order chi connectivity index (χ0) is 21.1. The van der Waals surface area contributed by atoms with Gasteiger partial charge in [0.05, 0.1) is 0 Å². The molecule has 1 aliphatic rings. The number of piperidine rings is 1. The van der Waals surface area contributed by atoms with Crippen molar-refractivity contribution in [2.75, 3.05) is 13.1 Å². The highest BCUT2D eigenvalue weighted by Crippen LogP contribution is 2.19. The van der Waals surface area contributed by atoms with Crippen LogP contribution in [0, 0.1) is 5.92 Å². The molecule has 2 heterocycles. The molecule has 1 aliphatic heterocycles. The highest BCUT2D eigenvalue weighted by Gasteiger charge is 2.24. The molecular weight excluding hydrogens is 374 g/mol. The van der Waals surface area contributed by atoms with Crippen molar-refractivity contribution >= 4 is 17.8 Å². The van der Waals surface area contributed by atoms with Gasteiger partial charge < -0.3 is 15.5 Å². The highest BCUT2D eigenvalue weighted by molar-refractivity contribution is 6.27. The first-order chi connectivity index (χ1) is 14.0. The summed E-state index contributed by atoms with van der Waals surface area (Å²) < 4.78 is 0. The molecule has 1 aromatic heterocycles. The molecule has 0 bridgehead atoms. The average molecular weight is 399 g/mol. The number of likely N-dealkylation sites (tertiary alicyclic amines) is 1. The second-order valence-electron chi connectivity index (χ2n) is 6.73. The maximum Gasteiger partial charge on any atom is 0.414 e. The molecule has 8 nitrogen and oxygen atoms in total. The lowest BCUT2D eigenvalue weighted by Gasteiger charge is -2.31. The number of hydrogen-bond acceptors (Lipinski definition) is 5. The van der Waals surface area contributed by atoms with Gasteiger partial charge >= 0.3 is 11.9 Å². The predicted molar refractivity (Wildman–Crippen MR) is 106 cm³/mol. The van der Waals surface area contributed by atoms with Crippen molar-refractivity contribution in [1.29, 1.82) is 0 Å². The van der Waals surface area contributed by atoms with E-state index < -0.39 is 11.9 Å². The summed E-state index contributed by atoms with van der Waals surface area (Å²) in [4.78, 5) is 37.0. The lowest BCUT2D eigenvalue weighted by atomic mass is 9.95. The Labute approximate surface area is 169 Å².